The molecule has 4 atom stereocenters. The molecule has 0 amide bonds. The third kappa shape index (κ3) is 6.50. The zero-order valence-corrected chi connectivity index (χ0v) is 20.4. The molecule has 1 fully saturated rings. The molecule has 1 saturated heterocycles. The molecule has 0 aliphatic carbocycles. The van der Waals surface area contributed by atoms with E-state index in [1.807, 2.05) is 66.7 Å². The second-order valence-electron chi connectivity index (χ2n) is 9.09. The summed E-state index contributed by atoms with van der Waals surface area (Å²) >= 11 is 0. The molecule has 0 N–H and O–H groups in total. The minimum Gasteiger partial charge on any atom is -0.374 e. The van der Waals surface area contributed by atoms with E-state index in [1.165, 1.54) is 0 Å². The van der Waals surface area contributed by atoms with Crippen molar-refractivity contribution in [3.8, 4) is 0 Å². The van der Waals surface area contributed by atoms with E-state index in [9.17, 15) is 0 Å². The van der Waals surface area contributed by atoms with Gasteiger partial charge < -0.3 is 23.5 Å². The number of rotatable bonds is 11. The molecule has 3 aromatic carbocycles. The Morgan fingerprint density at radius 3 is 1.67 bits per heavy atom. The van der Waals surface area contributed by atoms with E-state index >= 15 is 0 Å². The van der Waals surface area contributed by atoms with Crippen LogP contribution in [0.2, 0.25) is 0 Å². The van der Waals surface area contributed by atoms with Gasteiger partial charge in [0.25, 0.3) is 0 Å². The Bertz CT molecular complexity index is 1140. The second kappa shape index (κ2) is 12.7. The third-order valence-corrected chi connectivity index (χ3v) is 6.53. The van der Waals surface area contributed by atoms with Gasteiger partial charge in [-0.25, -0.2) is 0 Å². The summed E-state index contributed by atoms with van der Waals surface area (Å²) in [7, 11) is 0. The van der Waals surface area contributed by atoms with Gasteiger partial charge in [0, 0.05) is 12.4 Å². The minimum absolute atomic E-state index is 0.00476. The van der Waals surface area contributed by atoms with Crippen molar-refractivity contribution in [2.24, 2.45) is 0 Å². The summed E-state index contributed by atoms with van der Waals surface area (Å²) in [5.41, 5.74) is 3.39. The van der Waals surface area contributed by atoms with Crippen LogP contribution in [0, 0.1) is 0 Å². The highest BCUT2D eigenvalue weighted by molar-refractivity contribution is 5.15. The predicted octanol–water partition coefficient (Wildman–Crippen LogP) is 5.82. The van der Waals surface area contributed by atoms with Gasteiger partial charge >= 0.3 is 0 Å². The Morgan fingerprint density at radius 1 is 0.611 bits per heavy atom. The lowest BCUT2D eigenvalue weighted by Gasteiger charge is -2.43. The molecule has 1 aromatic heterocycles. The Balaban J connectivity index is 1.35. The summed E-state index contributed by atoms with van der Waals surface area (Å²) in [4.78, 5) is 0. The summed E-state index contributed by atoms with van der Waals surface area (Å²) in [5, 5.41) is 0. The average molecular weight is 484 g/mol. The van der Waals surface area contributed by atoms with Crippen LogP contribution in [-0.4, -0.2) is 36.1 Å². The normalized spacial score (nSPS) is 21.9. The van der Waals surface area contributed by atoms with Crippen molar-refractivity contribution in [1.29, 1.82) is 0 Å². The van der Waals surface area contributed by atoms with Crippen LogP contribution >= 0.6 is 0 Å². The SMILES string of the molecule is c1ccc(COCC2OC[C@@H](n3cccc3)C(OCc3ccccc3)C2OCc2ccccc2)cc1. The minimum atomic E-state index is -0.300. The summed E-state index contributed by atoms with van der Waals surface area (Å²) in [5.74, 6) is 0. The van der Waals surface area contributed by atoms with Gasteiger partial charge in [-0.2, -0.15) is 0 Å². The van der Waals surface area contributed by atoms with Crippen molar-refractivity contribution < 1.29 is 18.9 Å². The summed E-state index contributed by atoms with van der Waals surface area (Å²) in [6, 6.07) is 34.8. The summed E-state index contributed by atoms with van der Waals surface area (Å²) in [6.45, 7) is 2.47. The first kappa shape index (κ1) is 24.5. The van der Waals surface area contributed by atoms with Crippen molar-refractivity contribution in [2.45, 2.75) is 44.2 Å². The van der Waals surface area contributed by atoms with E-state index in [0.29, 0.717) is 33.0 Å². The van der Waals surface area contributed by atoms with E-state index in [-0.39, 0.29) is 24.4 Å². The molecule has 0 saturated carbocycles. The van der Waals surface area contributed by atoms with Crippen LogP contribution in [0.1, 0.15) is 22.7 Å². The van der Waals surface area contributed by atoms with Gasteiger partial charge in [0.1, 0.15) is 18.3 Å². The molecule has 36 heavy (non-hydrogen) atoms. The molecule has 5 nitrogen and oxygen atoms in total. The zero-order chi connectivity index (χ0) is 24.4. The van der Waals surface area contributed by atoms with Crippen molar-refractivity contribution in [1.82, 2.24) is 4.57 Å². The second-order valence-corrected chi connectivity index (χ2v) is 9.09. The van der Waals surface area contributed by atoms with E-state index in [2.05, 4.69) is 53.4 Å². The van der Waals surface area contributed by atoms with Crippen LogP contribution in [0.25, 0.3) is 0 Å². The van der Waals surface area contributed by atoms with Gasteiger partial charge in [0.05, 0.1) is 39.1 Å². The molecule has 3 unspecified atom stereocenters. The van der Waals surface area contributed by atoms with Gasteiger partial charge in [-0.05, 0) is 28.8 Å². The fourth-order valence-corrected chi connectivity index (χ4v) is 4.62. The highest BCUT2D eigenvalue weighted by atomic mass is 16.6. The molecular formula is C31H33NO4. The standard InChI is InChI=1S/C31H33NO4/c1-4-12-25(13-5-1)20-33-24-29-31(36-22-27-16-8-3-9-17-27)30(35-21-26-14-6-2-7-15-26)28(23-34-29)32-18-10-11-19-32/h1-19,28-31H,20-24H2/t28-,29?,30?,31?/m1/s1. The maximum atomic E-state index is 6.62. The average Bonchev–Trinajstić information content (AvgIpc) is 3.48. The van der Waals surface area contributed by atoms with Crippen molar-refractivity contribution in [3.63, 3.8) is 0 Å². The number of nitrogens with zero attached hydrogens (tertiary/aromatic N) is 1. The molecule has 5 rings (SSSR count). The molecule has 4 aromatic rings. The number of aromatic nitrogens is 1. The molecular weight excluding hydrogens is 450 g/mol. The maximum Gasteiger partial charge on any atom is 0.115 e. The van der Waals surface area contributed by atoms with Crippen molar-refractivity contribution in [3.05, 3.63) is 132 Å². The first-order valence-corrected chi connectivity index (χ1v) is 12.5. The van der Waals surface area contributed by atoms with E-state index in [0.717, 1.165) is 16.7 Å². The Labute approximate surface area is 213 Å². The van der Waals surface area contributed by atoms with Crippen LogP contribution < -0.4 is 0 Å². The largest absolute Gasteiger partial charge is 0.374 e. The fourth-order valence-electron chi connectivity index (χ4n) is 4.62. The fraction of sp³-hybridized carbons (Fsp3) is 0.290. The van der Waals surface area contributed by atoms with E-state index < -0.39 is 0 Å². The quantitative estimate of drug-likeness (QED) is 0.270. The van der Waals surface area contributed by atoms with Gasteiger partial charge in [0.2, 0.25) is 0 Å². The number of benzene rings is 3. The smallest absolute Gasteiger partial charge is 0.115 e. The Hall–Kier alpha value is -3.22. The first-order valence-electron chi connectivity index (χ1n) is 12.5. The molecule has 0 bridgehead atoms. The lowest BCUT2D eigenvalue weighted by molar-refractivity contribution is -0.215. The summed E-state index contributed by atoms with van der Waals surface area (Å²) in [6.07, 6.45) is 3.37. The van der Waals surface area contributed by atoms with Crippen molar-refractivity contribution >= 4 is 0 Å². The van der Waals surface area contributed by atoms with Crippen LogP contribution in [0.15, 0.2) is 116 Å². The van der Waals surface area contributed by atoms with Gasteiger partial charge in [-0.3, -0.25) is 0 Å². The molecule has 0 radical (unpaired) electrons. The zero-order valence-electron chi connectivity index (χ0n) is 20.4. The summed E-state index contributed by atoms with van der Waals surface area (Å²) < 4.78 is 27.8. The van der Waals surface area contributed by atoms with Crippen LogP contribution in [0.5, 0.6) is 0 Å². The molecule has 0 spiro atoms. The van der Waals surface area contributed by atoms with Crippen LogP contribution in [0.4, 0.5) is 0 Å². The van der Waals surface area contributed by atoms with Crippen LogP contribution in [0.3, 0.4) is 0 Å². The van der Waals surface area contributed by atoms with Crippen molar-refractivity contribution in [2.75, 3.05) is 13.2 Å². The highest BCUT2D eigenvalue weighted by Crippen LogP contribution is 2.31. The first-order chi connectivity index (χ1) is 17.9. The Morgan fingerprint density at radius 2 is 1.11 bits per heavy atom. The lowest BCUT2D eigenvalue weighted by Crippen LogP contribution is -2.54. The molecule has 2 heterocycles. The lowest BCUT2D eigenvalue weighted by atomic mass is 9.97. The molecule has 1 aliphatic rings. The van der Waals surface area contributed by atoms with E-state index in [1.54, 1.807) is 0 Å². The maximum absolute atomic E-state index is 6.62. The molecule has 5 heteroatoms. The molecule has 1 aliphatic heterocycles. The highest BCUT2D eigenvalue weighted by Gasteiger charge is 2.43. The Kier molecular flexibility index (Phi) is 8.60. The third-order valence-electron chi connectivity index (χ3n) is 6.53. The van der Waals surface area contributed by atoms with Gasteiger partial charge in [-0.15, -0.1) is 0 Å². The topological polar surface area (TPSA) is 41.9 Å². The monoisotopic (exact) mass is 483 g/mol. The van der Waals surface area contributed by atoms with Gasteiger partial charge in [-0.1, -0.05) is 91.0 Å². The van der Waals surface area contributed by atoms with Crippen LogP contribution in [-0.2, 0) is 38.8 Å². The van der Waals surface area contributed by atoms with Gasteiger partial charge in [0.15, 0.2) is 0 Å². The number of hydrogen-bond acceptors (Lipinski definition) is 4. The number of hydrogen-bond donors (Lipinski definition) is 0. The predicted molar refractivity (Wildman–Crippen MR) is 139 cm³/mol. The van der Waals surface area contributed by atoms with E-state index in [4.69, 9.17) is 18.9 Å². The number of ether oxygens (including phenoxy) is 4. The molecule has 186 valence electrons.